The first-order valence-corrected chi connectivity index (χ1v) is 7.85. The zero-order valence-electron chi connectivity index (χ0n) is 13.8. The molecule has 126 valence electrons. The van der Waals surface area contributed by atoms with Crippen molar-refractivity contribution in [3.63, 3.8) is 0 Å². The quantitative estimate of drug-likeness (QED) is 0.808. The molecule has 0 radical (unpaired) electrons. The molecular formula is C19H21NO4. The van der Waals surface area contributed by atoms with Gasteiger partial charge in [0.25, 0.3) is 5.91 Å². The van der Waals surface area contributed by atoms with Crippen LogP contribution in [-0.2, 0) is 4.79 Å². The fourth-order valence-corrected chi connectivity index (χ4v) is 2.17. The van der Waals surface area contributed by atoms with E-state index in [1.165, 1.54) is 17.7 Å². The topological polar surface area (TPSA) is 75.6 Å². The summed E-state index contributed by atoms with van der Waals surface area (Å²) in [6.45, 7) is 4.20. The Bertz CT molecular complexity index is 692. The molecule has 2 rings (SSSR count). The van der Waals surface area contributed by atoms with E-state index >= 15 is 0 Å². The molecule has 0 bridgehead atoms. The van der Waals surface area contributed by atoms with Gasteiger partial charge in [-0.1, -0.05) is 26.0 Å². The summed E-state index contributed by atoms with van der Waals surface area (Å²) in [5.41, 5.74) is 1.94. The molecule has 0 saturated heterocycles. The van der Waals surface area contributed by atoms with E-state index in [1.807, 2.05) is 24.3 Å². The number of hydrogen-bond acceptors (Lipinski definition) is 3. The van der Waals surface area contributed by atoms with Crippen molar-refractivity contribution in [2.24, 2.45) is 0 Å². The van der Waals surface area contributed by atoms with Crippen LogP contribution in [-0.4, -0.2) is 23.6 Å². The van der Waals surface area contributed by atoms with Crippen LogP contribution in [0.1, 0.15) is 42.1 Å². The van der Waals surface area contributed by atoms with Crippen molar-refractivity contribution in [3.8, 4) is 5.75 Å². The van der Waals surface area contributed by atoms with E-state index in [1.54, 1.807) is 12.1 Å². The molecule has 0 saturated carbocycles. The molecule has 0 fully saturated rings. The molecule has 1 amide bonds. The van der Waals surface area contributed by atoms with Crippen LogP contribution in [0, 0.1) is 0 Å². The number of benzene rings is 2. The summed E-state index contributed by atoms with van der Waals surface area (Å²) in [6.07, 6.45) is 1.07. The third kappa shape index (κ3) is 4.84. The summed E-state index contributed by atoms with van der Waals surface area (Å²) in [5.74, 6) is -0.171. The molecule has 0 aliphatic rings. The lowest BCUT2D eigenvalue weighted by molar-refractivity contribution is -0.118. The van der Waals surface area contributed by atoms with Gasteiger partial charge < -0.3 is 15.2 Å². The number of carbonyl (C=O) groups excluding carboxylic acids is 1. The number of nitrogens with one attached hydrogen (secondary N) is 1. The van der Waals surface area contributed by atoms with Gasteiger partial charge in [-0.25, -0.2) is 4.79 Å². The monoisotopic (exact) mass is 327 g/mol. The standard InChI is InChI=1S/C19H21NO4/c1-3-13(2)14-6-10-17(11-7-14)24-12-18(21)20-16-8-4-15(5-9-16)19(22)23/h4-11,13H,3,12H2,1-2H3,(H,20,21)(H,22,23)/t13-/m0/s1. The Labute approximate surface area is 141 Å². The molecule has 0 aromatic heterocycles. The Morgan fingerprint density at radius 3 is 2.25 bits per heavy atom. The Balaban J connectivity index is 1.85. The normalized spacial score (nSPS) is 11.6. The number of carboxylic acid groups (broad SMARTS) is 1. The summed E-state index contributed by atoms with van der Waals surface area (Å²) in [5, 5.41) is 11.5. The number of ether oxygens (including phenoxy) is 1. The van der Waals surface area contributed by atoms with Crippen LogP contribution >= 0.6 is 0 Å². The van der Waals surface area contributed by atoms with Crippen LogP contribution in [0.25, 0.3) is 0 Å². The van der Waals surface area contributed by atoms with Gasteiger partial charge in [0, 0.05) is 5.69 Å². The van der Waals surface area contributed by atoms with Gasteiger partial charge in [0.05, 0.1) is 5.56 Å². The van der Waals surface area contributed by atoms with Crippen molar-refractivity contribution in [3.05, 3.63) is 59.7 Å². The van der Waals surface area contributed by atoms with Gasteiger partial charge in [-0.05, 0) is 54.3 Å². The summed E-state index contributed by atoms with van der Waals surface area (Å²) in [7, 11) is 0. The van der Waals surface area contributed by atoms with Crippen molar-refractivity contribution in [1.82, 2.24) is 0 Å². The Morgan fingerprint density at radius 2 is 1.71 bits per heavy atom. The SMILES string of the molecule is CC[C@H](C)c1ccc(OCC(=O)Nc2ccc(C(=O)O)cc2)cc1. The van der Waals surface area contributed by atoms with Crippen LogP contribution < -0.4 is 10.1 Å². The number of carbonyl (C=O) groups is 2. The number of carboxylic acids is 1. The predicted octanol–water partition coefficient (Wildman–Crippen LogP) is 3.92. The molecule has 0 spiro atoms. The molecule has 0 unspecified atom stereocenters. The molecule has 2 aromatic rings. The van der Waals surface area contributed by atoms with Gasteiger partial charge in [0.1, 0.15) is 5.75 Å². The van der Waals surface area contributed by atoms with Gasteiger partial charge >= 0.3 is 5.97 Å². The summed E-state index contributed by atoms with van der Waals surface area (Å²) in [4.78, 5) is 22.6. The number of hydrogen-bond donors (Lipinski definition) is 2. The Hall–Kier alpha value is -2.82. The molecule has 24 heavy (non-hydrogen) atoms. The molecule has 0 heterocycles. The highest BCUT2D eigenvalue weighted by Crippen LogP contribution is 2.21. The van der Waals surface area contributed by atoms with E-state index in [0.29, 0.717) is 17.4 Å². The van der Waals surface area contributed by atoms with E-state index in [-0.39, 0.29) is 18.1 Å². The number of anilines is 1. The van der Waals surface area contributed by atoms with Gasteiger partial charge in [-0.2, -0.15) is 0 Å². The molecule has 2 aromatic carbocycles. The smallest absolute Gasteiger partial charge is 0.335 e. The van der Waals surface area contributed by atoms with Crippen LogP contribution in [0.2, 0.25) is 0 Å². The van der Waals surface area contributed by atoms with E-state index in [4.69, 9.17) is 9.84 Å². The molecule has 0 aliphatic carbocycles. The molecule has 5 nitrogen and oxygen atoms in total. The highest BCUT2D eigenvalue weighted by molar-refractivity contribution is 5.93. The third-order valence-corrected chi connectivity index (χ3v) is 3.85. The largest absolute Gasteiger partial charge is 0.484 e. The molecule has 5 heteroatoms. The van der Waals surface area contributed by atoms with Crippen LogP contribution in [0.5, 0.6) is 5.75 Å². The molecule has 1 atom stereocenters. The molecule has 2 N–H and O–H groups in total. The number of rotatable bonds is 7. The van der Waals surface area contributed by atoms with Crippen molar-refractivity contribution in [2.75, 3.05) is 11.9 Å². The summed E-state index contributed by atoms with van der Waals surface area (Å²) >= 11 is 0. The fourth-order valence-electron chi connectivity index (χ4n) is 2.17. The average Bonchev–Trinajstić information content (AvgIpc) is 2.60. The van der Waals surface area contributed by atoms with Gasteiger partial charge in [0.2, 0.25) is 0 Å². The number of amides is 1. The minimum Gasteiger partial charge on any atom is -0.484 e. The van der Waals surface area contributed by atoms with E-state index in [2.05, 4.69) is 19.2 Å². The van der Waals surface area contributed by atoms with Crippen LogP contribution in [0.3, 0.4) is 0 Å². The minimum absolute atomic E-state index is 0.108. The number of aromatic carboxylic acids is 1. The molecule has 0 aliphatic heterocycles. The van der Waals surface area contributed by atoms with Crippen molar-refractivity contribution in [2.45, 2.75) is 26.2 Å². The summed E-state index contributed by atoms with van der Waals surface area (Å²) in [6, 6.07) is 13.7. The third-order valence-electron chi connectivity index (χ3n) is 3.85. The first-order valence-electron chi connectivity index (χ1n) is 7.85. The van der Waals surface area contributed by atoms with E-state index < -0.39 is 5.97 Å². The maximum absolute atomic E-state index is 11.9. The summed E-state index contributed by atoms with van der Waals surface area (Å²) < 4.78 is 5.46. The first-order chi connectivity index (χ1) is 11.5. The van der Waals surface area contributed by atoms with Crippen molar-refractivity contribution in [1.29, 1.82) is 0 Å². The lowest BCUT2D eigenvalue weighted by Gasteiger charge is -2.11. The van der Waals surface area contributed by atoms with Crippen molar-refractivity contribution >= 4 is 17.6 Å². The maximum Gasteiger partial charge on any atom is 0.335 e. The second-order valence-corrected chi connectivity index (χ2v) is 5.60. The van der Waals surface area contributed by atoms with Crippen LogP contribution in [0.4, 0.5) is 5.69 Å². The average molecular weight is 327 g/mol. The van der Waals surface area contributed by atoms with Gasteiger partial charge in [-0.3, -0.25) is 4.79 Å². The van der Waals surface area contributed by atoms with Crippen LogP contribution in [0.15, 0.2) is 48.5 Å². The second-order valence-electron chi connectivity index (χ2n) is 5.60. The first kappa shape index (κ1) is 17.5. The molecular weight excluding hydrogens is 306 g/mol. The maximum atomic E-state index is 11.9. The predicted molar refractivity (Wildman–Crippen MR) is 92.7 cm³/mol. The minimum atomic E-state index is -1.00. The Morgan fingerprint density at radius 1 is 1.08 bits per heavy atom. The highest BCUT2D eigenvalue weighted by Gasteiger charge is 2.07. The highest BCUT2D eigenvalue weighted by atomic mass is 16.5. The lowest BCUT2D eigenvalue weighted by atomic mass is 9.99. The zero-order valence-corrected chi connectivity index (χ0v) is 13.8. The van der Waals surface area contributed by atoms with Crippen molar-refractivity contribution < 1.29 is 19.4 Å². The van der Waals surface area contributed by atoms with E-state index in [9.17, 15) is 9.59 Å². The van der Waals surface area contributed by atoms with Gasteiger partial charge in [0.15, 0.2) is 6.61 Å². The van der Waals surface area contributed by atoms with Gasteiger partial charge in [-0.15, -0.1) is 0 Å². The van der Waals surface area contributed by atoms with E-state index in [0.717, 1.165) is 6.42 Å². The second kappa shape index (κ2) is 8.15. The Kier molecular flexibility index (Phi) is 5.95. The zero-order chi connectivity index (χ0) is 17.5. The lowest BCUT2D eigenvalue weighted by Crippen LogP contribution is -2.20. The fraction of sp³-hybridized carbons (Fsp3) is 0.263.